The van der Waals surface area contributed by atoms with Crippen molar-refractivity contribution >= 4 is 17.9 Å². The average Bonchev–Trinajstić information content (AvgIpc) is 2.17. The van der Waals surface area contributed by atoms with Crippen LogP contribution in [0.5, 0.6) is 0 Å². The Labute approximate surface area is 97.1 Å². The summed E-state index contributed by atoms with van der Waals surface area (Å²) in [5.74, 6) is -3.98. The molecule has 2 atom stereocenters. The van der Waals surface area contributed by atoms with E-state index in [2.05, 4.69) is 0 Å². The molecule has 0 heterocycles. The van der Waals surface area contributed by atoms with E-state index in [-0.39, 0.29) is 0 Å². The molecule has 0 spiro atoms. The molecule has 0 bridgehead atoms. The molecule has 0 fully saturated rings. The van der Waals surface area contributed by atoms with Crippen molar-refractivity contribution in [3.8, 4) is 0 Å². The molecule has 0 aromatic carbocycles. The van der Waals surface area contributed by atoms with Crippen LogP contribution in [0.4, 0.5) is 0 Å². The van der Waals surface area contributed by atoms with Gasteiger partial charge in [0.1, 0.15) is 0 Å². The van der Waals surface area contributed by atoms with Crippen molar-refractivity contribution in [1.29, 1.82) is 0 Å². The summed E-state index contributed by atoms with van der Waals surface area (Å²) >= 11 is 0. The summed E-state index contributed by atoms with van der Waals surface area (Å²) in [6.45, 7) is 1.83. The number of aliphatic carboxylic acids is 3. The van der Waals surface area contributed by atoms with Crippen LogP contribution in [0.3, 0.4) is 0 Å². The van der Waals surface area contributed by atoms with Gasteiger partial charge in [-0.3, -0.25) is 4.79 Å². The molecule has 2 unspecified atom stereocenters. The van der Waals surface area contributed by atoms with E-state index < -0.39 is 36.5 Å². The molecule has 0 saturated carbocycles. The third kappa shape index (κ3) is 12.3. The van der Waals surface area contributed by atoms with Crippen LogP contribution in [0.15, 0.2) is 0 Å². The van der Waals surface area contributed by atoms with E-state index in [1.165, 1.54) is 0 Å². The predicted octanol–water partition coefficient (Wildman–Crippen LogP) is -0.861. The first-order valence-electron chi connectivity index (χ1n) is 4.75. The molecular formula is C9H16O8. The number of hydrogen-bond donors (Lipinski definition) is 5. The Kier molecular flexibility index (Phi) is 9.95. The Morgan fingerprint density at radius 1 is 0.941 bits per heavy atom. The molecular weight excluding hydrogens is 236 g/mol. The Hall–Kier alpha value is -1.67. The monoisotopic (exact) mass is 252 g/mol. The van der Waals surface area contributed by atoms with Gasteiger partial charge in [0.2, 0.25) is 0 Å². The zero-order valence-corrected chi connectivity index (χ0v) is 9.24. The number of carbonyl (C=O) groups is 3. The predicted molar refractivity (Wildman–Crippen MR) is 54.4 cm³/mol. The van der Waals surface area contributed by atoms with Gasteiger partial charge >= 0.3 is 17.9 Å². The number of carboxylic acids is 3. The van der Waals surface area contributed by atoms with Crippen LogP contribution in [0.2, 0.25) is 0 Å². The zero-order chi connectivity index (χ0) is 14.0. The summed E-state index contributed by atoms with van der Waals surface area (Å²) < 4.78 is 0. The van der Waals surface area contributed by atoms with Gasteiger partial charge in [0, 0.05) is 0 Å². The fourth-order valence-corrected chi connectivity index (χ4v) is 0.650. The first-order chi connectivity index (χ1) is 7.72. The Morgan fingerprint density at radius 2 is 1.35 bits per heavy atom. The van der Waals surface area contributed by atoms with Gasteiger partial charge in [0.15, 0.2) is 12.2 Å². The lowest BCUT2D eigenvalue weighted by atomic mass is 10.2. The summed E-state index contributed by atoms with van der Waals surface area (Å²) in [5.41, 5.74) is 0. The second-order valence-electron chi connectivity index (χ2n) is 3.09. The Morgan fingerprint density at radius 3 is 1.47 bits per heavy atom. The summed E-state index contributed by atoms with van der Waals surface area (Å²) in [5, 5.41) is 40.7. The second-order valence-corrected chi connectivity index (χ2v) is 3.09. The highest BCUT2D eigenvalue weighted by Crippen LogP contribution is 1.94. The number of carboxylic acid groups (broad SMARTS) is 3. The van der Waals surface area contributed by atoms with Crippen LogP contribution in [-0.4, -0.2) is 55.6 Å². The van der Waals surface area contributed by atoms with Crippen LogP contribution in [0, 0.1) is 0 Å². The maximum absolute atomic E-state index is 9.84. The van der Waals surface area contributed by atoms with Crippen LogP contribution in [-0.2, 0) is 14.4 Å². The normalized spacial score (nSPS) is 12.9. The van der Waals surface area contributed by atoms with E-state index in [0.29, 0.717) is 12.8 Å². The molecule has 0 radical (unpaired) electrons. The lowest BCUT2D eigenvalue weighted by Crippen LogP contribution is -2.22. The molecule has 0 aromatic heterocycles. The van der Waals surface area contributed by atoms with Gasteiger partial charge in [0.05, 0.1) is 6.42 Å². The van der Waals surface area contributed by atoms with Gasteiger partial charge in [-0.1, -0.05) is 13.3 Å². The van der Waals surface area contributed by atoms with Crippen molar-refractivity contribution in [3.05, 3.63) is 0 Å². The molecule has 0 amide bonds. The van der Waals surface area contributed by atoms with Gasteiger partial charge in [-0.05, 0) is 6.42 Å². The average molecular weight is 252 g/mol. The van der Waals surface area contributed by atoms with Crippen LogP contribution in [0.1, 0.15) is 26.2 Å². The largest absolute Gasteiger partial charge is 0.481 e. The van der Waals surface area contributed by atoms with E-state index in [4.69, 9.17) is 25.5 Å². The minimum Gasteiger partial charge on any atom is -0.481 e. The fourth-order valence-electron chi connectivity index (χ4n) is 0.650. The smallest absolute Gasteiger partial charge is 0.333 e. The Balaban J connectivity index is 0. The summed E-state index contributed by atoms with van der Waals surface area (Å²) in [6.07, 6.45) is -2.67. The summed E-state index contributed by atoms with van der Waals surface area (Å²) in [6, 6.07) is 0. The molecule has 0 aliphatic heterocycles. The van der Waals surface area contributed by atoms with Crippen molar-refractivity contribution in [1.82, 2.24) is 0 Å². The van der Waals surface area contributed by atoms with Gasteiger partial charge in [-0.2, -0.15) is 0 Å². The number of aliphatic hydroxyl groups excluding tert-OH is 2. The molecule has 0 saturated heterocycles. The fraction of sp³-hybridized carbons (Fsp3) is 0.667. The highest BCUT2D eigenvalue weighted by molar-refractivity contribution is 5.79. The second kappa shape index (κ2) is 9.55. The Bertz CT molecular complexity index is 262. The molecule has 0 aromatic rings. The van der Waals surface area contributed by atoms with Gasteiger partial charge in [-0.25, -0.2) is 9.59 Å². The quantitative estimate of drug-likeness (QED) is 0.409. The van der Waals surface area contributed by atoms with E-state index in [9.17, 15) is 14.4 Å². The third-order valence-corrected chi connectivity index (χ3v) is 1.50. The van der Waals surface area contributed by atoms with E-state index in [1.807, 2.05) is 6.92 Å². The number of rotatable bonds is 6. The molecule has 0 rings (SSSR count). The first-order valence-corrected chi connectivity index (χ1v) is 4.75. The minimum atomic E-state index is -1.79. The van der Waals surface area contributed by atoms with Crippen LogP contribution < -0.4 is 0 Å². The molecule has 8 nitrogen and oxygen atoms in total. The standard InChI is InChI=1S/C5H10O3.C4H6O5/c1-2-3-4(6)5(7)8;5-2(4(8)9)1-3(6)7/h4,6H,2-3H2,1H3,(H,7,8);2,5H,1H2,(H,6,7)(H,8,9). The highest BCUT2D eigenvalue weighted by Gasteiger charge is 2.16. The molecule has 100 valence electrons. The summed E-state index contributed by atoms with van der Waals surface area (Å²) in [7, 11) is 0. The molecule has 0 aliphatic carbocycles. The van der Waals surface area contributed by atoms with Crippen molar-refractivity contribution in [2.45, 2.75) is 38.4 Å². The molecule has 5 N–H and O–H groups in total. The minimum absolute atomic E-state index is 0.343. The topological polar surface area (TPSA) is 152 Å². The van der Waals surface area contributed by atoms with Crippen molar-refractivity contribution < 1.29 is 39.9 Å². The van der Waals surface area contributed by atoms with Gasteiger partial charge < -0.3 is 25.5 Å². The van der Waals surface area contributed by atoms with Gasteiger partial charge in [0.25, 0.3) is 0 Å². The zero-order valence-electron chi connectivity index (χ0n) is 9.24. The lowest BCUT2D eigenvalue weighted by Gasteiger charge is -1.99. The summed E-state index contributed by atoms with van der Waals surface area (Å²) in [4.78, 5) is 29.3. The molecule has 0 aliphatic rings. The third-order valence-electron chi connectivity index (χ3n) is 1.50. The first kappa shape index (κ1) is 17.7. The van der Waals surface area contributed by atoms with Crippen LogP contribution in [0.25, 0.3) is 0 Å². The number of aliphatic hydroxyl groups is 2. The number of hydrogen-bond acceptors (Lipinski definition) is 5. The van der Waals surface area contributed by atoms with Crippen molar-refractivity contribution in [2.75, 3.05) is 0 Å². The van der Waals surface area contributed by atoms with E-state index >= 15 is 0 Å². The molecule has 17 heavy (non-hydrogen) atoms. The van der Waals surface area contributed by atoms with Crippen LogP contribution >= 0.6 is 0 Å². The SMILES string of the molecule is CCCC(O)C(=O)O.O=C(O)CC(O)C(=O)O. The van der Waals surface area contributed by atoms with E-state index in [0.717, 1.165) is 0 Å². The van der Waals surface area contributed by atoms with Gasteiger partial charge in [-0.15, -0.1) is 0 Å². The highest BCUT2D eigenvalue weighted by atomic mass is 16.4. The maximum Gasteiger partial charge on any atom is 0.333 e. The lowest BCUT2D eigenvalue weighted by molar-refractivity contribution is -0.152. The van der Waals surface area contributed by atoms with E-state index in [1.54, 1.807) is 0 Å². The maximum atomic E-state index is 9.84. The van der Waals surface area contributed by atoms with Crippen molar-refractivity contribution in [2.24, 2.45) is 0 Å². The van der Waals surface area contributed by atoms with Crippen molar-refractivity contribution in [3.63, 3.8) is 0 Å². The molecule has 8 heteroatoms.